The summed E-state index contributed by atoms with van der Waals surface area (Å²) in [7, 11) is -3.62. The zero-order valence-corrected chi connectivity index (χ0v) is 21.6. The topological polar surface area (TPSA) is 9.23 Å². The van der Waals surface area contributed by atoms with Crippen LogP contribution in [0, 0.1) is 0 Å². The summed E-state index contributed by atoms with van der Waals surface area (Å²) in [5.41, 5.74) is 0. The van der Waals surface area contributed by atoms with Crippen molar-refractivity contribution >= 4 is 36.2 Å². The first kappa shape index (κ1) is 22.5. The third-order valence-corrected chi connectivity index (χ3v) is 22.7. The summed E-state index contributed by atoms with van der Waals surface area (Å²) in [6.07, 6.45) is 9.42. The van der Waals surface area contributed by atoms with E-state index in [1.165, 1.54) is 25.9 Å². The number of rotatable bonds is 7. The van der Waals surface area contributed by atoms with Crippen molar-refractivity contribution in [1.29, 1.82) is 0 Å². The van der Waals surface area contributed by atoms with Crippen LogP contribution in [0.3, 0.4) is 0 Å². The van der Waals surface area contributed by atoms with Gasteiger partial charge in [-0.05, 0) is 33.6 Å². The van der Waals surface area contributed by atoms with Crippen molar-refractivity contribution in [1.82, 2.24) is 0 Å². The Balaban J connectivity index is 2.01. The molecule has 0 saturated carbocycles. The fourth-order valence-electron chi connectivity index (χ4n) is 5.71. The van der Waals surface area contributed by atoms with Gasteiger partial charge in [-0.1, -0.05) is 145 Å². The first-order valence-electron chi connectivity index (χ1n) is 12.0. The van der Waals surface area contributed by atoms with Crippen LogP contribution in [-0.2, 0) is 4.43 Å². The van der Waals surface area contributed by atoms with Crippen molar-refractivity contribution in [2.45, 2.75) is 12.8 Å². The van der Waals surface area contributed by atoms with Crippen LogP contribution >= 0.6 is 0 Å². The number of hydrogen-bond donors (Lipinski definition) is 0. The maximum Gasteiger partial charge on any atom is 0.255 e. The van der Waals surface area contributed by atoms with Crippen LogP contribution in [-0.4, -0.2) is 22.5 Å². The van der Waals surface area contributed by atoms with Crippen molar-refractivity contribution in [3.8, 4) is 0 Å². The van der Waals surface area contributed by atoms with Crippen molar-refractivity contribution < 1.29 is 4.43 Å². The van der Waals surface area contributed by atoms with E-state index in [0.29, 0.717) is 0 Å². The highest BCUT2D eigenvalue weighted by Gasteiger charge is 2.62. The lowest BCUT2D eigenvalue weighted by atomic mass is 10.2. The molecule has 168 valence electrons. The Hall–Kier alpha value is -3.25. The van der Waals surface area contributed by atoms with Crippen molar-refractivity contribution in [2.75, 3.05) is 7.11 Å². The van der Waals surface area contributed by atoms with Gasteiger partial charge in [0.1, 0.15) is 0 Å². The van der Waals surface area contributed by atoms with E-state index in [0.717, 1.165) is 12.8 Å². The van der Waals surface area contributed by atoms with E-state index < -0.39 is 15.4 Å². The first-order chi connectivity index (χ1) is 16.8. The summed E-state index contributed by atoms with van der Waals surface area (Å²) >= 11 is 0. The Kier molecular flexibility index (Phi) is 6.59. The second-order valence-electron chi connectivity index (χ2n) is 8.74. The minimum atomic E-state index is -2.85. The Bertz CT molecular complexity index is 1190. The maximum atomic E-state index is 7.06. The molecule has 0 amide bonds. The minimum absolute atomic E-state index is 1.07. The quantitative estimate of drug-likeness (QED) is 0.357. The van der Waals surface area contributed by atoms with Gasteiger partial charge in [0.25, 0.3) is 7.83 Å². The molecular formula is C31H30OSi2. The van der Waals surface area contributed by atoms with Gasteiger partial charge in [-0.15, -0.1) is 0 Å². The number of hydrogen-bond acceptors (Lipinski definition) is 1. The molecular weight excluding hydrogens is 445 g/mol. The van der Waals surface area contributed by atoms with Gasteiger partial charge in [0.15, 0.2) is 7.59 Å². The Morgan fingerprint density at radius 1 is 0.529 bits per heavy atom. The van der Waals surface area contributed by atoms with Gasteiger partial charge < -0.3 is 4.43 Å². The van der Waals surface area contributed by atoms with Crippen molar-refractivity contribution in [2.24, 2.45) is 0 Å². The summed E-state index contributed by atoms with van der Waals surface area (Å²) in [6.45, 7) is 0. The second-order valence-corrected chi connectivity index (χ2v) is 19.3. The van der Waals surface area contributed by atoms with Gasteiger partial charge in [0.2, 0.25) is 0 Å². The summed E-state index contributed by atoms with van der Waals surface area (Å²) in [4.78, 5) is 0. The van der Waals surface area contributed by atoms with Crippen LogP contribution in [0.5, 0.6) is 0 Å². The Labute approximate surface area is 205 Å². The molecule has 4 aromatic rings. The zero-order chi connectivity index (χ0) is 23.3. The van der Waals surface area contributed by atoms with Crippen LogP contribution in [0.4, 0.5) is 0 Å². The van der Waals surface area contributed by atoms with E-state index in [9.17, 15) is 0 Å². The van der Waals surface area contributed by atoms with E-state index in [2.05, 4.69) is 140 Å². The molecule has 0 aromatic heterocycles. The Morgan fingerprint density at radius 2 is 0.941 bits per heavy atom. The van der Waals surface area contributed by atoms with Gasteiger partial charge in [0.05, 0.1) is 0 Å². The lowest BCUT2D eigenvalue weighted by molar-refractivity contribution is 0.430. The van der Waals surface area contributed by atoms with Crippen LogP contribution in [0.15, 0.2) is 145 Å². The van der Waals surface area contributed by atoms with E-state index >= 15 is 0 Å². The highest BCUT2D eigenvalue weighted by atomic mass is 29.3. The fraction of sp³-hybridized carbons (Fsp3) is 0.0968. The van der Waals surface area contributed by atoms with E-state index in [4.69, 9.17) is 4.43 Å². The van der Waals surface area contributed by atoms with Gasteiger partial charge in [-0.2, -0.15) is 0 Å². The molecule has 0 fully saturated rings. The molecule has 1 aliphatic carbocycles. The third-order valence-electron chi connectivity index (χ3n) is 7.04. The summed E-state index contributed by atoms with van der Waals surface area (Å²) in [5, 5.41) is 6.91. The molecule has 0 unspecified atom stereocenters. The standard InChI is InChI=1S/C31H30OSi2/c1-32-34(30-23-13-5-14-24-30,31-25-15-6-16-26-31)33(27-17-7-2-8-18-27,28-19-9-3-10-20-28)29-21-11-4-12-22-29/h2-3,5-11,13-26H,4,12H2,1H3. The van der Waals surface area contributed by atoms with Crippen molar-refractivity contribution in [3.63, 3.8) is 0 Å². The predicted octanol–water partition coefficient (Wildman–Crippen LogP) is 4.55. The SMILES string of the molecule is CO[Si](c1ccccc1)(c1ccccc1)[Si](C1=CCCC=C1)(c1ccccc1)c1ccccc1. The number of benzene rings is 4. The van der Waals surface area contributed by atoms with Gasteiger partial charge in [0, 0.05) is 7.11 Å². The Morgan fingerprint density at radius 3 is 1.29 bits per heavy atom. The monoisotopic (exact) mass is 474 g/mol. The van der Waals surface area contributed by atoms with E-state index in [1.54, 1.807) is 0 Å². The van der Waals surface area contributed by atoms with Crippen LogP contribution in [0.2, 0.25) is 0 Å². The van der Waals surface area contributed by atoms with E-state index in [1.807, 2.05) is 7.11 Å². The minimum Gasteiger partial charge on any atom is -0.413 e. The lowest BCUT2D eigenvalue weighted by Crippen LogP contribution is -2.87. The summed E-state index contributed by atoms with van der Waals surface area (Å²) in [6, 6.07) is 44.5. The molecule has 0 aliphatic heterocycles. The summed E-state index contributed by atoms with van der Waals surface area (Å²) < 4.78 is 7.06. The molecule has 34 heavy (non-hydrogen) atoms. The average molecular weight is 475 g/mol. The second kappa shape index (κ2) is 9.94. The molecule has 0 spiro atoms. The van der Waals surface area contributed by atoms with Crippen LogP contribution in [0.25, 0.3) is 0 Å². The molecule has 0 atom stereocenters. The zero-order valence-electron chi connectivity index (χ0n) is 19.6. The molecule has 1 nitrogen and oxygen atoms in total. The van der Waals surface area contributed by atoms with Gasteiger partial charge in [-0.25, -0.2) is 0 Å². The van der Waals surface area contributed by atoms with Crippen molar-refractivity contribution in [3.05, 3.63) is 145 Å². The number of allylic oxidation sites excluding steroid dienone is 4. The first-order valence-corrected chi connectivity index (χ1v) is 16.9. The molecule has 0 bridgehead atoms. The molecule has 0 saturated heterocycles. The molecule has 4 aromatic carbocycles. The molecule has 5 rings (SSSR count). The summed E-state index contributed by atoms with van der Waals surface area (Å²) in [5.74, 6) is 0. The predicted molar refractivity (Wildman–Crippen MR) is 149 cm³/mol. The lowest BCUT2D eigenvalue weighted by Gasteiger charge is -2.49. The molecule has 1 aliphatic rings. The molecule has 0 radical (unpaired) electrons. The molecule has 3 heteroatoms. The molecule has 0 N–H and O–H groups in total. The average Bonchev–Trinajstić information content (AvgIpc) is 2.94. The highest BCUT2D eigenvalue weighted by molar-refractivity contribution is 7.60. The smallest absolute Gasteiger partial charge is 0.255 e. The fourth-order valence-corrected chi connectivity index (χ4v) is 23.2. The van der Waals surface area contributed by atoms with E-state index in [-0.39, 0.29) is 0 Å². The van der Waals surface area contributed by atoms with Crippen LogP contribution < -0.4 is 20.7 Å². The highest BCUT2D eigenvalue weighted by Crippen LogP contribution is 2.31. The third kappa shape index (κ3) is 3.57. The normalized spacial score (nSPS) is 14.0. The van der Waals surface area contributed by atoms with Gasteiger partial charge >= 0.3 is 0 Å². The largest absolute Gasteiger partial charge is 0.413 e. The maximum absolute atomic E-state index is 7.06. The molecule has 0 heterocycles. The van der Waals surface area contributed by atoms with Gasteiger partial charge in [-0.3, -0.25) is 0 Å². The van der Waals surface area contributed by atoms with Crippen LogP contribution in [0.1, 0.15) is 12.8 Å².